The topological polar surface area (TPSA) is 4.93 Å². The van der Waals surface area contributed by atoms with E-state index < -0.39 is 0 Å². The summed E-state index contributed by atoms with van der Waals surface area (Å²) in [5.41, 5.74) is 3.81. The van der Waals surface area contributed by atoms with E-state index in [9.17, 15) is 0 Å². The average molecular weight is 233 g/mol. The van der Waals surface area contributed by atoms with E-state index in [1.165, 1.54) is 22.0 Å². The molecule has 0 aliphatic rings. The van der Waals surface area contributed by atoms with Crippen molar-refractivity contribution in [3.05, 3.63) is 73.4 Å². The van der Waals surface area contributed by atoms with Crippen molar-refractivity contribution in [3.8, 4) is 11.1 Å². The molecule has 0 aliphatic heterocycles. The molecule has 0 amide bonds. The number of para-hydroxylation sites is 1. The van der Waals surface area contributed by atoms with Gasteiger partial charge in [-0.05, 0) is 11.6 Å². The van der Waals surface area contributed by atoms with Crippen LogP contribution in [0.5, 0.6) is 0 Å². The molecule has 18 heavy (non-hydrogen) atoms. The molecule has 0 aliphatic carbocycles. The number of aromatic nitrogens is 1. The summed E-state index contributed by atoms with van der Waals surface area (Å²) in [6, 6.07) is 19.0. The third kappa shape index (κ3) is 1.74. The van der Waals surface area contributed by atoms with Gasteiger partial charge >= 0.3 is 0 Å². The number of nitrogens with zero attached hydrogens (tertiary/aromatic N) is 1. The zero-order chi connectivity index (χ0) is 12.4. The Balaban J connectivity index is 2.27. The van der Waals surface area contributed by atoms with Gasteiger partial charge in [-0.15, -0.1) is 6.58 Å². The van der Waals surface area contributed by atoms with Crippen LogP contribution in [0.25, 0.3) is 22.0 Å². The zero-order valence-corrected chi connectivity index (χ0v) is 10.2. The number of fused-ring (bicyclic) bond motifs is 1. The number of rotatable bonds is 3. The standard InChI is InChI=1S/C17H15N/c1-2-12-18-13-16(14-8-4-3-5-9-14)15-10-6-7-11-17(15)18/h2-11,13H,1,12H2. The van der Waals surface area contributed by atoms with E-state index in [1.54, 1.807) is 0 Å². The predicted octanol–water partition coefficient (Wildman–Crippen LogP) is 4.49. The minimum Gasteiger partial charge on any atom is -0.343 e. The van der Waals surface area contributed by atoms with Gasteiger partial charge in [0.15, 0.2) is 0 Å². The molecule has 1 aromatic heterocycles. The van der Waals surface area contributed by atoms with Gasteiger partial charge in [-0.3, -0.25) is 0 Å². The summed E-state index contributed by atoms with van der Waals surface area (Å²) in [6.07, 6.45) is 4.14. The van der Waals surface area contributed by atoms with E-state index in [0.29, 0.717) is 0 Å². The molecule has 0 spiro atoms. The van der Waals surface area contributed by atoms with Gasteiger partial charge in [-0.25, -0.2) is 0 Å². The third-order valence-corrected chi connectivity index (χ3v) is 3.20. The zero-order valence-electron chi connectivity index (χ0n) is 10.2. The average Bonchev–Trinajstić information content (AvgIpc) is 2.80. The fourth-order valence-electron chi connectivity index (χ4n) is 2.38. The quantitative estimate of drug-likeness (QED) is 0.587. The summed E-state index contributed by atoms with van der Waals surface area (Å²) in [6.45, 7) is 4.66. The first kappa shape index (κ1) is 10.8. The van der Waals surface area contributed by atoms with Crippen LogP contribution in [0.1, 0.15) is 0 Å². The van der Waals surface area contributed by atoms with Crippen molar-refractivity contribution in [2.75, 3.05) is 0 Å². The van der Waals surface area contributed by atoms with E-state index >= 15 is 0 Å². The van der Waals surface area contributed by atoms with E-state index in [0.717, 1.165) is 6.54 Å². The lowest BCUT2D eigenvalue weighted by Crippen LogP contribution is -1.90. The molecule has 2 aromatic carbocycles. The second-order valence-corrected chi connectivity index (χ2v) is 4.37. The molecule has 1 nitrogen and oxygen atoms in total. The molecule has 0 bridgehead atoms. The molecule has 0 saturated heterocycles. The molecule has 0 unspecified atom stereocenters. The maximum Gasteiger partial charge on any atom is 0.0489 e. The van der Waals surface area contributed by atoms with Gasteiger partial charge in [0.05, 0.1) is 0 Å². The fraction of sp³-hybridized carbons (Fsp3) is 0.0588. The third-order valence-electron chi connectivity index (χ3n) is 3.20. The second kappa shape index (κ2) is 4.53. The Bertz CT molecular complexity index is 677. The van der Waals surface area contributed by atoms with Crippen molar-refractivity contribution in [2.45, 2.75) is 6.54 Å². The molecule has 1 heterocycles. The fourth-order valence-corrected chi connectivity index (χ4v) is 2.38. The van der Waals surface area contributed by atoms with E-state index in [2.05, 4.69) is 65.9 Å². The first-order chi connectivity index (χ1) is 8.90. The highest BCUT2D eigenvalue weighted by Crippen LogP contribution is 2.30. The summed E-state index contributed by atoms with van der Waals surface area (Å²) in [5.74, 6) is 0. The summed E-state index contributed by atoms with van der Waals surface area (Å²) in [4.78, 5) is 0. The maximum atomic E-state index is 3.82. The number of allylic oxidation sites excluding steroid dienone is 1. The summed E-state index contributed by atoms with van der Waals surface area (Å²) >= 11 is 0. The lowest BCUT2D eigenvalue weighted by atomic mass is 10.1. The molecule has 0 saturated carbocycles. The van der Waals surface area contributed by atoms with Gasteiger partial charge in [-0.2, -0.15) is 0 Å². The van der Waals surface area contributed by atoms with Crippen molar-refractivity contribution in [1.29, 1.82) is 0 Å². The van der Waals surface area contributed by atoms with Gasteiger partial charge in [0, 0.05) is 29.2 Å². The molecule has 1 heteroatoms. The molecular weight excluding hydrogens is 218 g/mol. The van der Waals surface area contributed by atoms with Crippen molar-refractivity contribution in [3.63, 3.8) is 0 Å². The van der Waals surface area contributed by atoms with E-state index in [1.807, 2.05) is 12.1 Å². The van der Waals surface area contributed by atoms with Crippen LogP contribution in [-0.2, 0) is 6.54 Å². The Labute approximate surface area is 107 Å². The van der Waals surface area contributed by atoms with Crippen LogP contribution in [0, 0.1) is 0 Å². The Morgan fingerprint density at radius 2 is 1.67 bits per heavy atom. The molecular formula is C17H15N. The van der Waals surface area contributed by atoms with Gasteiger partial charge < -0.3 is 4.57 Å². The summed E-state index contributed by atoms with van der Waals surface area (Å²) in [5, 5.41) is 1.30. The highest BCUT2D eigenvalue weighted by molar-refractivity contribution is 5.96. The molecule has 0 fully saturated rings. The monoisotopic (exact) mass is 233 g/mol. The lowest BCUT2D eigenvalue weighted by Gasteiger charge is -1.98. The Kier molecular flexibility index (Phi) is 2.73. The molecule has 3 aromatic rings. The van der Waals surface area contributed by atoms with Crippen LogP contribution in [-0.4, -0.2) is 4.57 Å². The van der Waals surface area contributed by atoms with Crippen LogP contribution in [0.3, 0.4) is 0 Å². The van der Waals surface area contributed by atoms with Crippen LogP contribution < -0.4 is 0 Å². The van der Waals surface area contributed by atoms with E-state index in [-0.39, 0.29) is 0 Å². The van der Waals surface area contributed by atoms with Gasteiger partial charge in [0.1, 0.15) is 0 Å². The Morgan fingerprint density at radius 1 is 0.944 bits per heavy atom. The summed E-state index contributed by atoms with van der Waals surface area (Å²) < 4.78 is 2.24. The minimum atomic E-state index is 0.841. The lowest BCUT2D eigenvalue weighted by molar-refractivity contribution is 0.866. The first-order valence-corrected chi connectivity index (χ1v) is 6.14. The van der Waals surface area contributed by atoms with Crippen molar-refractivity contribution in [2.24, 2.45) is 0 Å². The van der Waals surface area contributed by atoms with Gasteiger partial charge in [-0.1, -0.05) is 54.6 Å². The largest absolute Gasteiger partial charge is 0.343 e. The highest BCUT2D eigenvalue weighted by atomic mass is 14.9. The maximum absolute atomic E-state index is 3.82. The first-order valence-electron chi connectivity index (χ1n) is 6.14. The van der Waals surface area contributed by atoms with Crippen molar-refractivity contribution < 1.29 is 0 Å². The van der Waals surface area contributed by atoms with Crippen molar-refractivity contribution in [1.82, 2.24) is 4.57 Å². The normalized spacial score (nSPS) is 10.7. The second-order valence-electron chi connectivity index (χ2n) is 4.37. The number of benzene rings is 2. The smallest absolute Gasteiger partial charge is 0.0489 e. The number of hydrogen-bond acceptors (Lipinski definition) is 0. The highest BCUT2D eigenvalue weighted by Gasteiger charge is 2.08. The van der Waals surface area contributed by atoms with Crippen LogP contribution in [0.2, 0.25) is 0 Å². The molecule has 0 atom stereocenters. The van der Waals surface area contributed by atoms with Crippen LogP contribution in [0.4, 0.5) is 0 Å². The Morgan fingerprint density at radius 3 is 2.44 bits per heavy atom. The molecule has 3 rings (SSSR count). The van der Waals surface area contributed by atoms with Crippen molar-refractivity contribution >= 4 is 10.9 Å². The van der Waals surface area contributed by atoms with Crippen LogP contribution >= 0.6 is 0 Å². The molecule has 0 N–H and O–H groups in total. The van der Waals surface area contributed by atoms with Gasteiger partial charge in [0.25, 0.3) is 0 Å². The molecule has 0 radical (unpaired) electrons. The van der Waals surface area contributed by atoms with Gasteiger partial charge in [0.2, 0.25) is 0 Å². The Hall–Kier alpha value is -2.28. The summed E-state index contributed by atoms with van der Waals surface area (Å²) in [7, 11) is 0. The van der Waals surface area contributed by atoms with E-state index in [4.69, 9.17) is 0 Å². The minimum absolute atomic E-state index is 0.841. The SMILES string of the molecule is C=CCn1cc(-c2ccccc2)c2ccccc21. The van der Waals surface area contributed by atoms with Crippen LogP contribution in [0.15, 0.2) is 73.4 Å². The number of hydrogen-bond donors (Lipinski definition) is 0. The predicted molar refractivity (Wildman–Crippen MR) is 77.6 cm³/mol. The molecule has 88 valence electrons.